The van der Waals surface area contributed by atoms with E-state index < -0.39 is 47.9 Å². The van der Waals surface area contributed by atoms with Gasteiger partial charge in [0.05, 0.1) is 0 Å². The van der Waals surface area contributed by atoms with Crippen molar-refractivity contribution in [3.8, 4) is 5.75 Å². The van der Waals surface area contributed by atoms with Gasteiger partial charge in [0, 0.05) is 0 Å². The molecule has 4 amide bonds. The molecule has 1 saturated heterocycles. The van der Waals surface area contributed by atoms with Gasteiger partial charge in [-0.05, 0) is 44.0 Å². The summed E-state index contributed by atoms with van der Waals surface area (Å²) in [7, 11) is 0. The van der Waals surface area contributed by atoms with E-state index in [0.717, 1.165) is 19.3 Å². The minimum Gasteiger partial charge on any atom is -0.479 e. The van der Waals surface area contributed by atoms with Crippen LogP contribution in [0.4, 0.5) is 9.18 Å². The average molecular weight is 407 g/mol. The molecule has 0 bridgehead atoms. The summed E-state index contributed by atoms with van der Waals surface area (Å²) in [4.78, 5) is 48.7. The molecule has 1 aliphatic carbocycles. The Morgan fingerprint density at radius 1 is 1.21 bits per heavy atom. The summed E-state index contributed by atoms with van der Waals surface area (Å²) in [5.41, 5.74) is 1.21. The predicted octanol–water partition coefficient (Wildman–Crippen LogP) is 1.42. The standard InChI is InChI=1S/C19H22FN3O6/c1-12(29-14-7-5-13(20)6-8-14)16(25)28-11-15(24)22-23-17(26)19(21-18(23)27)9-3-2-4-10-19/h5-8,12H,2-4,9-11H2,1H3,(H,21,27)(H,22,24)/t12-/m0/s1. The summed E-state index contributed by atoms with van der Waals surface area (Å²) >= 11 is 0. The number of amides is 4. The van der Waals surface area contributed by atoms with Crippen LogP contribution in [0.2, 0.25) is 0 Å². The number of urea groups is 1. The molecule has 0 unspecified atom stereocenters. The molecular formula is C19H22FN3O6. The van der Waals surface area contributed by atoms with Gasteiger partial charge in [-0.25, -0.2) is 14.0 Å². The van der Waals surface area contributed by atoms with Crippen molar-refractivity contribution in [1.82, 2.24) is 15.8 Å². The second-order valence-electron chi connectivity index (χ2n) is 7.07. The molecule has 2 aliphatic rings. The lowest BCUT2D eigenvalue weighted by molar-refractivity contribution is -0.156. The molecule has 1 heterocycles. The van der Waals surface area contributed by atoms with E-state index in [4.69, 9.17) is 9.47 Å². The first-order chi connectivity index (χ1) is 13.8. The van der Waals surface area contributed by atoms with E-state index in [1.165, 1.54) is 31.2 Å². The van der Waals surface area contributed by atoms with Crippen LogP contribution in [0.15, 0.2) is 24.3 Å². The van der Waals surface area contributed by atoms with Gasteiger partial charge in [-0.1, -0.05) is 19.3 Å². The number of nitrogens with one attached hydrogen (secondary N) is 2. The van der Waals surface area contributed by atoms with Crippen LogP contribution in [0.5, 0.6) is 5.75 Å². The number of imide groups is 1. The second-order valence-corrected chi connectivity index (χ2v) is 7.07. The Bertz CT molecular complexity index is 807. The minimum atomic E-state index is -1.05. The van der Waals surface area contributed by atoms with Crippen LogP contribution in [-0.2, 0) is 19.1 Å². The van der Waals surface area contributed by atoms with Crippen LogP contribution in [0.25, 0.3) is 0 Å². The van der Waals surface area contributed by atoms with Crippen molar-refractivity contribution in [3.05, 3.63) is 30.1 Å². The van der Waals surface area contributed by atoms with Crippen LogP contribution in [0.1, 0.15) is 39.0 Å². The Labute approximate surface area is 166 Å². The smallest absolute Gasteiger partial charge is 0.347 e. The number of esters is 1. The number of rotatable bonds is 6. The molecule has 1 atom stereocenters. The molecule has 1 aromatic rings. The van der Waals surface area contributed by atoms with Crippen molar-refractivity contribution in [1.29, 1.82) is 0 Å². The highest BCUT2D eigenvalue weighted by molar-refractivity contribution is 6.08. The summed E-state index contributed by atoms with van der Waals surface area (Å²) in [6.45, 7) is 0.716. The van der Waals surface area contributed by atoms with Gasteiger partial charge in [0.1, 0.15) is 17.1 Å². The van der Waals surface area contributed by atoms with Crippen LogP contribution in [0.3, 0.4) is 0 Å². The maximum absolute atomic E-state index is 12.9. The highest BCUT2D eigenvalue weighted by atomic mass is 19.1. The number of hydrazine groups is 1. The molecule has 1 spiro atoms. The number of nitrogens with zero attached hydrogens (tertiary/aromatic N) is 1. The number of ether oxygens (including phenoxy) is 2. The fourth-order valence-electron chi connectivity index (χ4n) is 3.39. The third kappa shape index (κ3) is 4.64. The van der Waals surface area contributed by atoms with Crippen molar-refractivity contribution >= 4 is 23.8 Å². The molecule has 2 N–H and O–H groups in total. The SMILES string of the molecule is C[C@H](Oc1ccc(F)cc1)C(=O)OCC(=O)NN1C(=O)NC2(CCCCC2)C1=O. The van der Waals surface area contributed by atoms with Crippen LogP contribution >= 0.6 is 0 Å². The molecule has 0 radical (unpaired) electrons. The largest absolute Gasteiger partial charge is 0.479 e. The van der Waals surface area contributed by atoms with Crippen LogP contribution < -0.4 is 15.5 Å². The summed E-state index contributed by atoms with van der Waals surface area (Å²) in [5.74, 6) is -2.35. The zero-order chi connectivity index (χ0) is 21.0. The topological polar surface area (TPSA) is 114 Å². The lowest BCUT2D eigenvalue weighted by Crippen LogP contribution is -2.51. The number of benzene rings is 1. The van der Waals surface area contributed by atoms with Gasteiger partial charge in [0.25, 0.3) is 11.8 Å². The fourth-order valence-corrected chi connectivity index (χ4v) is 3.39. The number of hydrogen-bond donors (Lipinski definition) is 2. The Balaban J connectivity index is 1.47. The summed E-state index contributed by atoms with van der Waals surface area (Å²) in [6, 6.07) is 4.36. The van der Waals surface area contributed by atoms with Gasteiger partial charge >= 0.3 is 12.0 Å². The molecule has 2 fully saturated rings. The molecule has 0 aromatic heterocycles. The molecule has 1 aromatic carbocycles. The van der Waals surface area contributed by atoms with E-state index >= 15 is 0 Å². The van der Waals surface area contributed by atoms with Gasteiger partial charge in [-0.15, -0.1) is 0 Å². The molecule has 1 aliphatic heterocycles. The number of hydrogen-bond acceptors (Lipinski definition) is 6. The summed E-state index contributed by atoms with van der Waals surface area (Å²) in [5, 5.41) is 3.30. The normalized spacial score (nSPS) is 18.9. The third-order valence-electron chi connectivity index (χ3n) is 4.91. The number of halogens is 1. The molecule has 156 valence electrons. The maximum atomic E-state index is 12.9. The lowest BCUT2D eigenvalue weighted by atomic mass is 9.82. The first-order valence-corrected chi connectivity index (χ1v) is 9.36. The second kappa shape index (κ2) is 8.46. The van der Waals surface area contributed by atoms with E-state index in [0.29, 0.717) is 17.9 Å². The summed E-state index contributed by atoms with van der Waals surface area (Å²) < 4.78 is 23.0. The van der Waals surface area contributed by atoms with Gasteiger partial charge in [0.2, 0.25) is 0 Å². The first-order valence-electron chi connectivity index (χ1n) is 9.36. The predicted molar refractivity (Wildman–Crippen MR) is 96.8 cm³/mol. The van der Waals surface area contributed by atoms with Gasteiger partial charge in [-0.3, -0.25) is 15.0 Å². The fraction of sp³-hybridized carbons (Fsp3) is 0.474. The van der Waals surface area contributed by atoms with Crippen molar-refractivity contribution in [2.45, 2.75) is 50.7 Å². The van der Waals surface area contributed by atoms with E-state index in [2.05, 4.69) is 10.7 Å². The zero-order valence-electron chi connectivity index (χ0n) is 15.9. The van der Waals surface area contributed by atoms with E-state index in [9.17, 15) is 23.6 Å². The Kier molecular flexibility index (Phi) is 6.00. The molecular weight excluding hydrogens is 385 g/mol. The third-order valence-corrected chi connectivity index (χ3v) is 4.91. The quantitative estimate of drug-likeness (QED) is 0.545. The maximum Gasteiger partial charge on any atom is 0.347 e. The molecule has 1 saturated carbocycles. The van der Waals surface area contributed by atoms with Crippen molar-refractivity contribution in [2.24, 2.45) is 0 Å². The molecule has 10 heteroatoms. The van der Waals surface area contributed by atoms with Crippen molar-refractivity contribution < 1.29 is 33.0 Å². The van der Waals surface area contributed by atoms with Gasteiger partial charge in [0.15, 0.2) is 12.7 Å². The van der Waals surface area contributed by atoms with E-state index in [-0.39, 0.29) is 5.75 Å². The average Bonchev–Trinajstić information content (AvgIpc) is 2.92. The molecule has 29 heavy (non-hydrogen) atoms. The molecule has 9 nitrogen and oxygen atoms in total. The Hall–Kier alpha value is -3.17. The van der Waals surface area contributed by atoms with E-state index in [1.807, 2.05) is 0 Å². The van der Waals surface area contributed by atoms with Crippen LogP contribution in [0, 0.1) is 5.82 Å². The summed E-state index contributed by atoms with van der Waals surface area (Å²) in [6.07, 6.45) is 2.63. The van der Waals surface area contributed by atoms with Crippen molar-refractivity contribution in [2.75, 3.05) is 6.61 Å². The number of carbonyl (C=O) groups is 4. The van der Waals surface area contributed by atoms with Gasteiger partial charge < -0.3 is 14.8 Å². The highest BCUT2D eigenvalue weighted by Gasteiger charge is 2.52. The molecule has 3 rings (SSSR count). The van der Waals surface area contributed by atoms with Crippen molar-refractivity contribution in [3.63, 3.8) is 0 Å². The highest BCUT2D eigenvalue weighted by Crippen LogP contribution is 2.32. The van der Waals surface area contributed by atoms with Crippen LogP contribution in [-0.4, -0.2) is 47.1 Å². The van der Waals surface area contributed by atoms with E-state index in [1.54, 1.807) is 0 Å². The Morgan fingerprint density at radius 3 is 2.52 bits per heavy atom. The Morgan fingerprint density at radius 2 is 1.86 bits per heavy atom. The zero-order valence-corrected chi connectivity index (χ0v) is 15.9. The number of carbonyl (C=O) groups excluding carboxylic acids is 4. The van der Waals surface area contributed by atoms with Gasteiger partial charge in [-0.2, -0.15) is 5.01 Å². The first kappa shape index (κ1) is 20.6. The monoisotopic (exact) mass is 407 g/mol. The lowest BCUT2D eigenvalue weighted by Gasteiger charge is -2.30. The minimum absolute atomic E-state index is 0.261.